The Hall–Kier alpha value is -1.68. The molecule has 0 saturated carbocycles. The number of hydrogen-bond donors (Lipinski definition) is 1. The molecule has 1 atom stereocenters. The fourth-order valence-electron chi connectivity index (χ4n) is 4.56. The lowest BCUT2D eigenvalue weighted by atomic mass is 10.1. The van der Waals surface area contributed by atoms with Gasteiger partial charge in [-0.15, -0.1) is 0 Å². The van der Waals surface area contributed by atoms with Crippen LogP contribution in [0.3, 0.4) is 0 Å². The second-order valence-electron chi connectivity index (χ2n) is 11.1. The third-order valence-electron chi connectivity index (χ3n) is 7.00. The molecule has 0 aliphatic rings. The van der Waals surface area contributed by atoms with Gasteiger partial charge < -0.3 is 14.6 Å². The van der Waals surface area contributed by atoms with Crippen LogP contribution in [0.1, 0.15) is 155 Å². The summed E-state index contributed by atoms with van der Waals surface area (Å²) in [6.07, 6.45) is 22.8. The molecular weight excluding hydrogens is 546 g/mol. The summed E-state index contributed by atoms with van der Waals surface area (Å²) in [4.78, 5) is 28.3. The van der Waals surface area contributed by atoms with Crippen molar-refractivity contribution < 1.29 is 37.1 Å². The molecule has 0 unspecified atom stereocenters. The van der Waals surface area contributed by atoms with Crippen LogP contribution in [0.25, 0.3) is 0 Å². The molecule has 0 aromatic heterocycles. The number of rotatable bonds is 29. The zero-order chi connectivity index (χ0) is 30.6. The molecule has 242 valence electrons. The summed E-state index contributed by atoms with van der Waals surface area (Å²) in [6, 6.07) is -1.32. The summed E-state index contributed by atoms with van der Waals surface area (Å²) in [6.45, 7) is 4.87. The molecule has 0 spiro atoms. The smallest absolute Gasteiger partial charge is 0.330 e. The normalized spacial score (nSPS) is 12.8. The Morgan fingerprint density at radius 3 is 1.49 bits per heavy atom. The Morgan fingerprint density at radius 1 is 0.683 bits per heavy atom. The van der Waals surface area contributed by atoms with Crippen molar-refractivity contribution in [3.8, 4) is 0 Å². The Bertz CT molecular complexity index is 785. The zero-order valence-electron chi connectivity index (χ0n) is 25.9. The summed E-state index contributed by atoms with van der Waals surface area (Å²) in [5.41, 5.74) is 0. The molecule has 0 aromatic rings. The van der Waals surface area contributed by atoms with Gasteiger partial charge in [0.1, 0.15) is 11.8 Å². The number of aliphatic imine (C=N–C) groups is 1. The zero-order valence-corrected chi connectivity index (χ0v) is 26.7. The minimum atomic E-state index is -4.58. The Labute approximate surface area is 250 Å². The summed E-state index contributed by atoms with van der Waals surface area (Å²) >= 11 is 0. The molecule has 0 saturated heterocycles. The Balaban J connectivity index is 4.31. The Kier molecular flexibility index (Phi) is 26.1. The number of carbonyl (C=O) groups excluding carboxylic acids is 2. The first-order valence-corrected chi connectivity index (χ1v) is 17.8. The van der Waals surface area contributed by atoms with Gasteiger partial charge in [-0.2, -0.15) is 8.42 Å². The van der Waals surface area contributed by atoms with Gasteiger partial charge in [-0.1, -0.05) is 129 Å². The van der Waals surface area contributed by atoms with E-state index in [1.54, 1.807) is 0 Å². The maximum atomic E-state index is 12.5. The number of unbranched alkanes of at least 4 members (excludes halogenated alkanes) is 18. The van der Waals surface area contributed by atoms with Crippen molar-refractivity contribution in [2.24, 2.45) is 4.99 Å². The summed E-state index contributed by atoms with van der Waals surface area (Å²) < 4.78 is 41.4. The van der Waals surface area contributed by atoms with Crippen molar-refractivity contribution in [1.29, 1.82) is 0 Å². The Morgan fingerprint density at radius 2 is 1.07 bits per heavy atom. The first-order valence-electron chi connectivity index (χ1n) is 16.2. The first kappa shape index (κ1) is 39.3. The molecule has 10 heteroatoms. The number of carbonyl (C=O) groups is 2. The molecule has 1 N–H and O–H groups in total. The van der Waals surface area contributed by atoms with E-state index in [0.29, 0.717) is 13.0 Å². The highest BCUT2D eigenvalue weighted by Gasteiger charge is 2.21. The highest BCUT2D eigenvalue weighted by Crippen LogP contribution is 2.13. The van der Waals surface area contributed by atoms with E-state index in [0.717, 1.165) is 38.5 Å². The molecule has 0 bridgehead atoms. The number of nitrogens with zero attached hydrogens (tertiary/aromatic N) is 1. The average molecular weight is 605 g/mol. The maximum absolute atomic E-state index is 12.5. The van der Waals surface area contributed by atoms with Crippen molar-refractivity contribution in [2.45, 2.75) is 161 Å². The first-order chi connectivity index (χ1) is 19.7. The average Bonchev–Trinajstić information content (AvgIpc) is 2.91. The summed E-state index contributed by atoms with van der Waals surface area (Å²) in [5.74, 6) is -3.68. The molecule has 0 amide bonds. The van der Waals surface area contributed by atoms with E-state index in [1.165, 1.54) is 83.5 Å². The molecule has 0 aromatic carbocycles. The van der Waals surface area contributed by atoms with Gasteiger partial charge in [-0.25, -0.2) is 4.79 Å². The molecule has 0 rings (SSSR count). The van der Waals surface area contributed by atoms with Crippen LogP contribution in [0.2, 0.25) is 0 Å². The third-order valence-corrected chi connectivity index (χ3v) is 7.61. The molecule has 0 radical (unpaired) electrons. The van der Waals surface area contributed by atoms with E-state index >= 15 is 0 Å². The quantitative estimate of drug-likeness (QED) is 0.0326. The van der Waals surface area contributed by atoms with E-state index in [2.05, 4.69) is 18.8 Å². The van der Waals surface area contributed by atoms with Gasteiger partial charge in [0.2, 0.25) is 0 Å². The molecule has 9 nitrogen and oxygen atoms in total. The standard InChI is InChI=1S/C31H59NO8S/c1-3-5-7-9-11-13-15-17-19-21-25-39-30(34)24-23-28(32-29(33)27-41(36,37)38)31(35)40-26-22-20-18-16-14-12-10-8-6-4-2/h28H,3-27H2,1-2H3,(H,32,33)(H,36,37,38)/p-1/t28-/m0/s1. The molecular formula is C31H58NO8S-. The molecule has 0 aliphatic carbocycles. The van der Waals surface area contributed by atoms with Crippen molar-refractivity contribution in [3.63, 3.8) is 0 Å². The van der Waals surface area contributed by atoms with Crippen LogP contribution in [-0.2, 0) is 29.2 Å². The lowest BCUT2D eigenvalue weighted by Gasteiger charge is -2.16. The fraction of sp³-hybridized carbons (Fsp3) is 0.903. The van der Waals surface area contributed by atoms with E-state index in [9.17, 15) is 23.1 Å². The van der Waals surface area contributed by atoms with Crippen LogP contribution in [0.4, 0.5) is 0 Å². The summed E-state index contributed by atoms with van der Waals surface area (Å²) in [7, 11) is -4.58. The SMILES string of the molecule is CCCCCCCCCCCCOC(=O)CC[C@H](N=C([O-])CS(=O)(=O)O)C(=O)OCCCCCCCCCCCC. The van der Waals surface area contributed by atoms with E-state index in [4.69, 9.17) is 14.0 Å². The molecule has 0 fully saturated rings. The topological polar surface area (TPSA) is 142 Å². The van der Waals surface area contributed by atoms with Crippen molar-refractivity contribution in [2.75, 3.05) is 19.0 Å². The fourth-order valence-corrected chi connectivity index (χ4v) is 4.95. The second kappa shape index (κ2) is 27.2. The van der Waals surface area contributed by atoms with Gasteiger partial charge in [-0.05, 0) is 25.2 Å². The summed E-state index contributed by atoms with van der Waals surface area (Å²) in [5, 5.41) is 11.9. The van der Waals surface area contributed by atoms with Crippen LogP contribution in [0.15, 0.2) is 4.99 Å². The minimum Gasteiger partial charge on any atom is -0.861 e. The van der Waals surface area contributed by atoms with Crippen molar-refractivity contribution in [3.05, 3.63) is 0 Å². The maximum Gasteiger partial charge on any atom is 0.330 e. The highest BCUT2D eigenvalue weighted by molar-refractivity contribution is 7.86. The highest BCUT2D eigenvalue weighted by atomic mass is 32.2. The third kappa shape index (κ3) is 28.2. The van der Waals surface area contributed by atoms with Gasteiger partial charge in [-0.3, -0.25) is 14.3 Å². The number of ether oxygens (including phenoxy) is 2. The van der Waals surface area contributed by atoms with E-state index < -0.39 is 39.7 Å². The van der Waals surface area contributed by atoms with Gasteiger partial charge in [0.15, 0.2) is 0 Å². The van der Waals surface area contributed by atoms with E-state index in [-0.39, 0.29) is 19.4 Å². The molecule has 0 heterocycles. The van der Waals surface area contributed by atoms with Gasteiger partial charge in [0.25, 0.3) is 10.1 Å². The van der Waals surface area contributed by atoms with Crippen LogP contribution >= 0.6 is 0 Å². The second-order valence-corrected chi connectivity index (χ2v) is 12.5. The van der Waals surface area contributed by atoms with Gasteiger partial charge in [0.05, 0.1) is 13.2 Å². The number of esters is 2. The van der Waals surface area contributed by atoms with Gasteiger partial charge >= 0.3 is 11.9 Å². The predicted molar refractivity (Wildman–Crippen MR) is 162 cm³/mol. The largest absolute Gasteiger partial charge is 0.861 e. The lowest BCUT2D eigenvalue weighted by Crippen LogP contribution is -2.32. The van der Waals surface area contributed by atoms with Crippen molar-refractivity contribution in [1.82, 2.24) is 0 Å². The predicted octanol–water partition coefficient (Wildman–Crippen LogP) is 6.71. The van der Waals surface area contributed by atoms with E-state index in [1.807, 2.05) is 0 Å². The van der Waals surface area contributed by atoms with Crippen molar-refractivity contribution >= 4 is 28.0 Å². The number of hydrogen-bond acceptors (Lipinski definition) is 8. The van der Waals surface area contributed by atoms with Crippen LogP contribution < -0.4 is 5.11 Å². The van der Waals surface area contributed by atoms with Crippen LogP contribution in [0, 0.1) is 0 Å². The lowest BCUT2D eigenvalue weighted by molar-refractivity contribution is -0.216. The monoisotopic (exact) mass is 604 g/mol. The molecule has 41 heavy (non-hydrogen) atoms. The minimum absolute atomic E-state index is 0.134. The van der Waals surface area contributed by atoms with Crippen LogP contribution in [0.5, 0.6) is 0 Å². The molecule has 0 aliphatic heterocycles. The van der Waals surface area contributed by atoms with Gasteiger partial charge in [0, 0.05) is 6.42 Å². The van der Waals surface area contributed by atoms with Crippen LogP contribution in [-0.4, -0.2) is 55.8 Å².